The van der Waals surface area contributed by atoms with Crippen molar-refractivity contribution in [3.63, 3.8) is 0 Å². The SMILES string of the molecule is COC(=O)c1ccc(S(=O)(=O)Nc2ncn(-c3ccc(C#N)cc3)n2)cc1Cl. The fourth-order valence-electron chi connectivity index (χ4n) is 2.24. The first-order chi connectivity index (χ1) is 13.3. The number of rotatable bonds is 5. The minimum Gasteiger partial charge on any atom is -0.465 e. The van der Waals surface area contributed by atoms with Gasteiger partial charge in [0.1, 0.15) is 6.33 Å². The van der Waals surface area contributed by atoms with Crippen LogP contribution in [0.3, 0.4) is 0 Å². The number of esters is 1. The van der Waals surface area contributed by atoms with Crippen LogP contribution in [0.5, 0.6) is 0 Å². The highest BCUT2D eigenvalue weighted by Crippen LogP contribution is 2.23. The molecule has 0 aliphatic rings. The van der Waals surface area contributed by atoms with E-state index in [1.54, 1.807) is 24.3 Å². The maximum absolute atomic E-state index is 12.5. The molecule has 0 unspecified atom stereocenters. The molecular formula is C17H12ClN5O4S. The zero-order valence-electron chi connectivity index (χ0n) is 14.3. The molecule has 0 spiro atoms. The fraction of sp³-hybridized carbons (Fsp3) is 0.0588. The van der Waals surface area contributed by atoms with Gasteiger partial charge in [-0.3, -0.25) is 0 Å². The van der Waals surface area contributed by atoms with Gasteiger partial charge in [-0.15, -0.1) is 5.10 Å². The normalized spacial score (nSPS) is 10.9. The molecule has 1 aromatic heterocycles. The van der Waals surface area contributed by atoms with Gasteiger partial charge in [0, 0.05) is 0 Å². The highest BCUT2D eigenvalue weighted by atomic mass is 35.5. The Bertz CT molecular complexity index is 1180. The largest absolute Gasteiger partial charge is 0.465 e. The first kappa shape index (κ1) is 19.3. The van der Waals surface area contributed by atoms with Crippen LogP contribution < -0.4 is 4.72 Å². The third kappa shape index (κ3) is 3.95. The third-order valence-corrected chi connectivity index (χ3v) is 5.27. The van der Waals surface area contributed by atoms with Crippen LogP contribution in [0.2, 0.25) is 5.02 Å². The van der Waals surface area contributed by atoms with Crippen LogP contribution in [0.4, 0.5) is 5.95 Å². The quantitative estimate of drug-likeness (QED) is 0.631. The Balaban J connectivity index is 1.83. The third-order valence-electron chi connectivity index (χ3n) is 3.63. The number of nitriles is 1. The summed E-state index contributed by atoms with van der Waals surface area (Å²) >= 11 is 5.97. The number of hydrogen-bond donors (Lipinski definition) is 1. The summed E-state index contributed by atoms with van der Waals surface area (Å²) in [6.07, 6.45) is 1.33. The van der Waals surface area contributed by atoms with E-state index in [4.69, 9.17) is 16.9 Å². The number of halogens is 1. The van der Waals surface area contributed by atoms with Crippen molar-refractivity contribution in [3.8, 4) is 11.8 Å². The lowest BCUT2D eigenvalue weighted by Gasteiger charge is -2.07. The summed E-state index contributed by atoms with van der Waals surface area (Å²) in [5.74, 6) is -0.831. The van der Waals surface area contributed by atoms with Crippen LogP contribution in [0.25, 0.3) is 5.69 Å². The molecule has 0 amide bonds. The summed E-state index contributed by atoms with van der Waals surface area (Å²) in [7, 11) is -2.84. The van der Waals surface area contributed by atoms with Crippen molar-refractivity contribution in [2.45, 2.75) is 4.90 Å². The number of carbonyl (C=O) groups excluding carboxylic acids is 1. The maximum Gasteiger partial charge on any atom is 0.339 e. The van der Waals surface area contributed by atoms with Crippen molar-refractivity contribution in [3.05, 3.63) is 64.9 Å². The van der Waals surface area contributed by atoms with Crippen LogP contribution in [0, 0.1) is 11.3 Å². The standard InChI is InChI=1S/C17H12ClN5O4S/c1-27-16(24)14-7-6-13(8-15(14)18)28(25,26)22-17-20-10-23(21-17)12-4-2-11(9-19)3-5-12/h2-8,10H,1H3,(H,21,22). The van der Waals surface area contributed by atoms with Gasteiger partial charge in [0.25, 0.3) is 16.0 Å². The highest BCUT2D eigenvalue weighted by molar-refractivity contribution is 7.92. The lowest BCUT2D eigenvalue weighted by atomic mass is 10.2. The zero-order chi connectivity index (χ0) is 20.3. The first-order valence-electron chi connectivity index (χ1n) is 7.67. The number of anilines is 1. The average Bonchev–Trinajstić information content (AvgIpc) is 3.15. The van der Waals surface area contributed by atoms with Crippen LogP contribution in [-0.2, 0) is 14.8 Å². The number of ether oxygens (including phenoxy) is 1. The molecule has 1 heterocycles. The van der Waals surface area contributed by atoms with Crippen molar-refractivity contribution in [1.82, 2.24) is 14.8 Å². The summed E-state index contributed by atoms with van der Waals surface area (Å²) in [4.78, 5) is 15.3. The first-order valence-corrected chi connectivity index (χ1v) is 9.53. The van der Waals surface area contributed by atoms with E-state index in [2.05, 4.69) is 19.5 Å². The Kier molecular flexibility index (Phi) is 5.30. The Hall–Kier alpha value is -3.42. The number of sulfonamides is 1. The second-order valence-electron chi connectivity index (χ2n) is 5.41. The molecular weight excluding hydrogens is 406 g/mol. The van der Waals surface area contributed by atoms with Crippen LogP contribution in [0.1, 0.15) is 15.9 Å². The number of aromatic nitrogens is 3. The molecule has 11 heteroatoms. The summed E-state index contributed by atoms with van der Waals surface area (Å²) in [6.45, 7) is 0. The molecule has 1 N–H and O–H groups in total. The number of benzene rings is 2. The summed E-state index contributed by atoms with van der Waals surface area (Å²) in [5.41, 5.74) is 1.13. The van der Waals surface area contributed by atoms with Crippen molar-refractivity contribution >= 4 is 33.5 Å². The number of carbonyl (C=O) groups is 1. The number of nitrogens with zero attached hydrogens (tertiary/aromatic N) is 4. The van der Waals surface area contributed by atoms with E-state index in [0.29, 0.717) is 11.3 Å². The lowest BCUT2D eigenvalue weighted by Crippen LogP contribution is -2.15. The minimum atomic E-state index is -4.03. The Morgan fingerprint density at radius 3 is 2.57 bits per heavy atom. The van der Waals surface area contributed by atoms with E-state index in [1.807, 2.05) is 6.07 Å². The molecule has 3 rings (SSSR count). The molecule has 0 aliphatic heterocycles. The van der Waals surface area contributed by atoms with Crippen LogP contribution in [-0.4, -0.2) is 36.3 Å². The highest BCUT2D eigenvalue weighted by Gasteiger charge is 2.20. The molecule has 0 atom stereocenters. The summed E-state index contributed by atoms with van der Waals surface area (Å²) < 4.78 is 33.2. The number of hydrogen-bond acceptors (Lipinski definition) is 7. The molecule has 28 heavy (non-hydrogen) atoms. The smallest absolute Gasteiger partial charge is 0.339 e. The van der Waals surface area contributed by atoms with Crippen molar-refractivity contribution in [2.75, 3.05) is 11.8 Å². The predicted octanol–water partition coefficient (Wildman–Crippen LogP) is 2.38. The molecule has 3 aromatic rings. The van der Waals surface area contributed by atoms with Gasteiger partial charge in [-0.1, -0.05) is 11.6 Å². The monoisotopic (exact) mass is 417 g/mol. The molecule has 0 bridgehead atoms. The van der Waals surface area contributed by atoms with Gasteiger partial charge in [0.15, 0.2) is 0 Å². The molecule has 9 nitrogen and oxygen atoms in total. The fourth-order valence-corrected chi connectivity index (χ4v) is 3.53. The van der Waals surface area contributed by atoms with Gasteiger partial charge in [0.2, 0.25) is 0 Å². The van der Waals surface area contributed by atoms with E-state index in [-0.39, 0.29) is 21.4 Å². The zero-order valence-corrected chi connectivity index (χ0v) is 15.9. The molecule has 0 saturated carbocycles. The molecule has 0 fully saturated rings. The van der Waals surface area contributed by atoms with Gasteiger partial charge >= 0.3 is 5.97 Å². The van der Waals surface area contributed by atoms with Crippen molar-refractivity contribution < 1.29 is 17.9 Å². The van der Waals surface area contributed by atoms with E-state index in [0.717, 1.165) is 6.07 Å². The van der Waals surface area contributed by atoms with Crippen molar-refractivity contribution in [1.29, 1.82) is 5.26 Å². The number of nitrogens with one attached hydrogen (secondary N) is 1. The van der Waals surface area contributed by atoms with E-state index in [1.165, 1.54) is 30.3 Å². The van der Waals surface area contributed by atoms with E-state index >= 15 is 0 Å². The maximum atomic E-state index is 12.5. The summed E-state index contributed by atoms with van der Waals surface area (Å²) in [6, 6.07) is 12.1. The van der Waals surface area contributed by atoms with Gasteiger partial charge in [-0.25, -0.2) is 22.6 Å². The average molecular weight is 418 g/mol. The summed E-state index contributed by atoms with van der Waals surface area (Å²) in [5, 5.41) is 12.8. The molecule has 0 aliphatic carbocycles. The topological polar surface area (TPSA) is 127 Å². The van der Waals surface area contributed by atoms with Gasteiger partial charge in [-0.2, -0.15) is 10.2 Å². The van der Waals surface area contributed by atoms with Crippen LogP contribution in [0.15, 0.2) is 53.7 Å². The minimum absolute atomic E-state index is 0.0475. The van der Waals surface area contributed by atoms with Crippen molar-refractivity contribution in [2.24, 2.45) is 0 Å². The second kappa shape index (κ2) is 7.67. The Labute approximate surface area is 165 Å². The van der Waals surface area contributed by atoms with Gasteiger partial charge in [-0.05, 0) is 42.5 Å². The molecule has 0 radical (unpaired) electrons. The second-order valence-corrected chi connectivity index (χ2v) is 7.50. The Morgan fingerprint density at radius 2 is 1.96 bits per heavy atom. The molecule has 142 valence electrons. The molecule has 0 saturated heterocycles. The predicted molar refractivity (Wildman–Crippen MR) is 99.7 cm³/mol. The van der Waals surface area contributed by atoms with E-state index < -0.39 is 16.0 Å². The van der Waals surface area contributed by atoms with Gasteiger partial charge in [0.05, 0.1) is 39.9 Å². The Morgan fingerprint density at radius 1 is 1.25 bits per heavy atom. The van der Waals surface area contributed by atoms with E-state index in [9.17, 15) is 13.2 Å². The number of methoxy groups -OCH3 is 1. The van der Waals surface area contributed by atoms with Crippen LogP contribution >= 0.6 is 11.6 Å². The molecule has 2 aromatic carbocycles. The lowest BCUT2D eigenvalue weighted by molar-refractivity contribution is 0.0601. The van der Waals surface area contributed by atoms with Gasteiger partial charge < -0.3 is 4.74 Å².